The summed E-state index contributed by atoms with van der Waals surface area (Å²) < 4.78 is 10.5. The lowest BCUT2D eigenvalue weighted by atomic mass is 10.2. The maximum Gasteiger partial charge on any atom is 0.326 e. The molecule has 0 N–H and O–H groups in total. The van der Waals surface area contributed by atoms with Crippen LogP contribution in [-0.2, 0) is 25.7 Å². The second-order valence-corrected chi connectivity index (χ2v) is 8.61. The minimum absolute atomic E-state index is 0.263. The van der Waals surface area contributed by atoms with Crippen molar-refractivity contribution in [3.05, 3.63) is 70.6 Å². The van der Waals surface area contributed by atoms with Crippen LogP contribution in [0.2, 0.25) is 0 Å². The topological polar surface area (TPSA) is 76.2 Å². The standard InChI is InChI=1S/C23H22N2O5S2/c1-24(13-17-6-4-3-5-7-17)20(26)15-30-21(27)14-25-22(28)19(32-23(25)31)12-16-8-10-18(29-2)11-9-16/h3-12H,13-15H2,1-2H3/b19-12-. The van der Waals surface area contributed by atoms with E-state index in [1.54, 1.807) is 32.4 Å². The van der Waals surface area contributed by atoms with Crippen LogP contribution >= 0.6 is 24.0 Å². The summed E-state index contributed by atoms with van der Waals surface area (Å²) in [6.07, 6.45) is 1.70. The Bertz CT molecular complexity index is 1040. The third kappa shape index (κ3) is 6.18. The summed E-state index contributed by atoms with van der Waals surface area (Å²) in [5.74, 6) is -0.706. The van der Waals surface area contributed by atoms with Crippen LogP contribution in [0, 0.1) is 0 Å². The molecule has 0 saturated carbocycles. The SMILES string of the molecule is COc1ccc(/C=C2\SC(=S)N(CC(=O)OCC(=O)N(C)Cc3ccccc3)C2=O)cc1. The van der Waals surface area contributed by atoms with E-state index in [2.05, 4.69) is 0 Å². The van der Waals surface area contributed by atoms with Gasteiger partial charge in [0.2, 0.25) is 0 Å². The Morgan fingerprint density at radius 2 is 1.81 bits per heavy atom. The van der Waals surface area contributed by atoms with E-state index in [-0.39, 0.29) is 22.7 Å². The second-order valence-electron chi connectivity index (χ2n) is 6.94. The number of ether oxygens (including phenoxy) is 2. The highest BCUT2D eigenvalue weighted by molar-refractivity contribution is 8.26. The lowest BCUT2D eigenvalue weighted by molar-refractivity contribution is -0.152. The number of hydrogen-bond acceptors (Lipinski definition) is 7. The molecule has 3 rings (SSSR count). The number of thioether (sulfide) groups is 1. The molecule has 2 amide bonds. The summed E-state index contributed by atoms with van der Waals surface area (Å²) in [6.45, 7) is -0.346. The van der Waals surface area contributed by atoms with E-state index in [9.17, 15) is 14.4 Å². The monoisotopic (exact) mass is 470 g/mol. The van der Waals surface area contributed by atoms with Crippen LogP contribution in [-0.4, -0.2) is 59.2 Å². The molecule has 0 spiro atoms. The fourth-order valence-electron chi connectivity index (χ4n) is 2.86. The predicted molar refractivity (Wildman–Crippen MR) is 127 cm³/mol. The highest BCUT2D eigenvalue weighted by Crippen LogP contribution is 2.32. The first-order valence-corrected chi connectivity index (χ1v) is 10.9. The van der Waals surface area contributed by atoms with E-state index >= 15 is 0 Å². The number of rotatable bonds is 8. The number of carbonyl (C=O) groups is 3. The van der Waals surface area contributed by atoms with Crippen molar-refractivity contribution >= 4 is 52.2 Å². The van der Waals surface area contributed by atoms with Crippen molar-refractivity contribution in [2.75, 3.05) is 27.3 Å². The molecule has 0 atom stereocenters. The van der Waals surface area contributed by atoms with Crippen molar-refractivity contribution in [2.45, 2.75) is 6.54 Å². The van der Waals surface area contributed by atoms with Crippen molar-refractivity contribution in [2.24, 2.45) is 0 Å². The molecule has 32 heavy (non-hydrogen) atoms. The number of carbonyl (C=O) groups excluding carboxylic acids is 3. The highest BCUT2D eigenvalue weighted by atomic mass is 32.2. The van der Waals surface area contributed by atoms with Gasteiger partial charge in [0.05, 0.1) is 12.0 Å². The van der Waals surface area contributed by atoms with E-state index in [4.69, 9.17) is 21.7 Å². The molecule has 2 aromatic carbocycles. The minimum atomic E-state index is -0.701. The summed E-state index contributed by atoms with van der Waals surface area (Å²) in [6, 6.07) is 16.7. The molecule has 166 valence electrons. The summed E-state index contributed by atoms with van der Waals surface area (Å²) >= 11 is 6.36. The molecule has 1 aliphatic rings. The van der Waals surface area contributed by atoms with Gasteiger partial charge in [-0.1, -0.05) is 66.4 Å². The number of thiocarbonyl (C=S) groups is 1. The van der Waals surface area contributed by atoms with Crippen LogP contribution in [0.1, 0.15) is 11.1 Å². The van der Waals surface area contributed by atoms with Crippen molar-refractivity contribution < 1.29 is 23.9 Å². The van der Waals surface area contributed by atoms with Gasteiger partial charge in [-0.15, -0.1) is 0 Å². The molecule has 7 nitrogen and oxygen atoms in total. The zero-order chi connectivity index (χ0) is 23.1. The Morgan fingerprint density at radius 1 is 1.12 bits per heavy atom. The van der Waals surface area contributed by atoms with Gasteiger partial charge in [-0.2, -0.15) is 0 Å². The summed E-state index contributed by atoms with van der Waals surface area (Å²) in [4.78, 5) is 40.2. The Hall–Kier alpha value is -3.17. The van der Waals surface area contributed by atoms with Crippen molar-refractivity contribution in [3.63, 3.8) is 0 Å². The van der Waals surface area contributed by atoms with Crippen molar-refractivity contribution in [1.82, 2.24) is 9.80 Å². The molecule has 0 aromatic heterocycles. The number of esters is 1. The van der Waals surface area contributed by atoms with Gasteiger partial charge < -0.3 is 14.4 Å². The maximum atomic E-state index is 12.7. The highest BCUT2D eigenvalue weighted by Gasteiger charge is 2.34. The molecule has 1 heterocycles. The van der Waals surface area contributed by atoms with Gasteiger partial charge >= 0.3 is 5.97 Å². The van der Waals surface area contributed by atoms with Crippen molar-refractivity contribution in [1.29, 1.82) is 0 Å². The average molecular weight is 471 g/mol. The van der Waals surface area contributed by atoms with Crippen molar-refractivity contribution in [3.8, 4) is 5.75 Å². The third-order valence-corrected chi connectivity index (χ3v) is 6.00. The third-order valence-electron chi connectivity index (χ3n) is 4.62. The molecule has 9 heteroatoms. The summed E-state index contributed by atoms with van der Waals surface area (Å²) in [5.41, 5.74) is 1.77. The molecule has 1 aliphatic heterocycles. The molecular weight excluding hydrogens is 448 g/mol. The molecule has 0 aliphatic carbocycles. The van der Waals surface area contributed by atoms with Crippen LogP contribution in [0.15, 0.2) is 59.5 Å². The molecule has 0 unspecified atom stereocenters. The quantitative estimate of drug-likeness (QED) is 0.333. The number of methoxy groups -OCH3 is 1. The van der Waals surface area contributed by atoms with Crippen LogP contribution in [0.3, 0.4) is 0 Å². The van der Waals surface area contributed by atoms with Gasteiger partial charge in [0.1, 0.15) is 16.6 Å². The minimum Gasteiger partial charge on any atom is -0.497 e. The molecule has 0 radical (unpaired) electrons. The van der Waals surface area contributed by atoms with E-state index in [1.165, 1.54) is 9.80 Å². The number of benzene rings is 2. The number of likely N-dealkylation sites (N-methyl/N-ethyl adjacent to an activating group) is 1. The largest absolute Gasteiger partial charge is 0.497 e. The molecular formula is C23H22N2O5S2. The Labute approximate surface area is 196 Å². The number of nitrogens with zero attached hydrogens (tertiary/aromatic N) is 2. The average Bonchev–Trinajstić information content (AvgIpc) is 3.05. The van der Waals surface area contributed by atoms with Gasteiger partial charge in [0, 0.05) is 13.6 Å². The number of hydrogen-bond donors (Lipinski definition) is 0. The van der Waals surface area contributed by atoms with Crippen LogP contribution < -0.4 is 4.74 Å². The van der Waals surface area contributed by atoms with Gasteiger partial charge in [-0.05, 0) is 29.3 Å². The summed E-state index contributed by atoms with van der Waals surface area (Å²) in [7, 11) is 3.21. The molecule has 1 saturated heterocycles. The van der Waals surface area contributed by atoms with Crippen LogP contribution in [0.4, 0.5) is 0 Å². The first-order chi connectivity index (χ1) is 15.4. The second kappa shape index (κ2) is 10.9. The van der Waals surface area contributed by atoms with Gasteiger partial charge in [-0.3, -0.25) is 19.3 Å². The first-order valence-electron chi connectivity index (χ1n) is 9.70. The fourth-order valence-corrected chi connectivity index (χ4v) is 4.12. The van der Waals surface area contributed by atoms with E-state index in [0.29, 0.717) is 17.2 Å². The smallest absolute Gasteiger partial charge is 0.326 e. The van der Waals surface area contributed by atoms with Gasteiger partial charge in [0.15, 0.2) is 6.61 Å². The fraction of sp³-hybridized carbons (Fsp3) is 0.217. The predicted octanol–water partition coefficient (Wildman–Crippen LogP) is 3.10. The summed E-state index contributed by atoms with van der Waals surface area (Å²) in [5, 5.41) is 0. The Morgan fingerprint density at radius 3 is 2.47 bits per heavy atom. The van der Waals surface area contributed by atoms with Crippen LogP contribution in [0.25, 0.3) is 6.08 Å². The Kier molecular flexibility index (Phi) is 8.02. The molecule has 0 bridgehead atoms. The lowest BCUT2D eigenvalue weighted by Gasteiger charge is -2.18. The zero-order valence-corrected chi connectivity index (χ0v) is 19.3. The molecule has 1 fully saturated rings. The van der Waals surface area contributed by atoms with E-state index in [0.717, 1.165) is 22.9 Å². The van der Waals surface area contributed by atoms with Gasteiger partial charge in [0.25, 0.3) is 11.8 Å². The zero-order valence-electron chi connectivity index (χ0n) is 17.6. The molecule has 2 aromatic rings. The van der Waals surface area contributed by atoms with E-state index < -0.39 is 12.6 Å². The maximum absolute atomic E-state index is 12.7. The van der Waals surface area contributed by atoms with Gasteiger partial charge in [-0.25, -0.2) is 0 Å². The lowest BCUT2D eigenvalue weighted by Crippen LogP contribution is -2.36. The van der Waals surface area contributed by atoms with Crippen LogP contribution in [0.5, 0.6) is 5.75 Å². The number of amides is 2. The van der Waals surface area contributed by atoms with E-state index in [1.807, 2.05) is 42.5 Å². The Balaban J connectivity index is 1.52. The first kappa shape index (κ1) is 23.5. The normalized spacial score (nSPS) is 14.6.